The highest BCUT2D eigenvalue weighted by atomic mass is 16.5. The van der Waals surface area contributed by atoms with Crippen LogP contribution in [-0.2, 0) is 4.74 Å². The normalized spacial score (nSPS) is 20.4. The van der Waals surface area contributed by atoms with Crippen LogP contribution in [0.2, 0.25) is 0 Å². The fourth-order valence-electron chi connectivity index (χ4n) is 1.65. The number of nitrogens with zero attached hydrogens (tertiary/aromatic N) is 1. The predicted octanol–water partition coefficient (Wildman–Crippen LogP) is 1.88. The molecule has 12 heavy (non-hydrogen) atoms. The van der Waals surface area contributed by atoms with E-state index in [4.69, 9.17) is 4.74 Å². The molecule has 0 atom stereocenters. The lowest BCUT2D eigenvalue weighted by atomic mass is 9.79. The van der Waals surface area contributed by atoms with Crippen molar-refractivity contribution in [1.82, 2.24) is 4.90 Å². The summed E-state index contributed by atoms with van der Waals surface area (Å²) < 4.78 is 5.07. The van der Waals surface area contributed by atoms with Gasteiger partial charge >= 0.3 is 0 Å². The Bertz CT molecular complexity index is 171. The molecule has 0 spiro atoms. The third kappa shape index (κ3) is 2.01. The standard InChI is InChI=1S/C10H19NO/c1-9(2)11-7-10(3,8-11)5-6-12-4/h1,5-8H2,2-4H3. The monoisotopic (exact) mass is 169 g/mol. The summed E-state index contributed by atoms with van der Waals surface area (Å²) in [7, 11) is 1.76. The van der Waals surface area contributed by atoms with E-state index in [1.807, 2.05) is 0 Å². The van der Waals surface area contributed by atoms with E-state index in [0.717, 1.165) is 26.1 Å². The molecule has 1 heterocycles. The van der Waals surface area contributed by atoms with Gasteiger partial charge in [-0.3, -0.25) is 0 Å². The molecule has 0 N–H and O–H groups in total. The lowest BCUT2D eigenvalue weighted by Crippen LogP contribution is -2.53. The van der Waals surface area contributed by atoms with Crippen LogP contribution in [0.1, 0.15) is 20.3 Å². The summed E-state index contributed by atoms with van der Waals surface area (Å²) in [6.45, 7) is 11.5. The van der Waals surface area contributed by atoms with Crippen LogP contribution in [0.5, 0.6) is 0 Å². The molecule has 0 amide bonds. The number of hydrogen-bond donors (Lipinski definition) is 0. The zero-order valence-electron chi connectivity index (χ0n) is 8.39. The maximum Gasteiger partial charge on any atom is 0.0468 e. The zero-order chi connectivity index (χ0) is 9.19. The molecule has 2 nitrogen and oxygen atoms in total. The SMILES string of the molecule is C=C(C)N1CC(C)(CCOC)C1. The first kappa shape index (κ1) is 9.59. The molecule has 0 bridgehead atoms. The van der Waals surface area contributed by atoms with E-state index >= 15 is 0 Å². The van der Waals surface area contributed by atoms with Crippen molar-refractivity contribution < 1.29 is 4.74 Å². The van der Waals surface area contributed by atoms with E-state index in [-0.39, 0.29) is 0 Å². The van der Waals surface area contributed by atoms with E-state index < -0.39 is 0 Å². The lowest BCUT2D eigenvalue weighted by molar-refractivity contribution is 0.0165. The van der Waals surface area contributed by atoms with Gasteiger partial charge in [-0.25, -0.2) is 0 Å². The molecule has 0 unspecified atom stereocenters. The first-order valence-corrected chi connectivity index (χ1v) is 4.47. The molecular weight excluding hydrogens is 150 g/mol. The molecule has 1 aliphatic heterocycles. The van der Waals surface area contributed by atoms with Crippen LogP contribution in [0.4, 0.5) is 0 Å². The fraction of sp³-hybridized carbons (Fsp3) is 0.800. The molecule has 0 aromatic rings. The average Bonchev–Trinajstić information content (AvgIpc) is 1.95. The Morgan fingerprint density at radius 2 is 2.17 bits per heavy atom. The average molecular weight is 169 g/mol. The highest BCUT2D eigenvalue weighted by Gasteiger charge is 2.37. The minimum atomic E-state index is 0.467. The van der Waals surface area contributed by atoms with E-state index in [0.29, 0.717) is 5.41 Å². The smallest absolute Gasteiger partial charge is 0.0468 e. The Morgan fingerprint density at radius 3 is 2.58 bits per heavy atom. The molecule has 0 aromatic heterocycles. The quantitative estimate of drug-likeness (QED) is 0.637. The van der Waals surface area contributed by atoms with Gasteiger partial charge in [0.15, 0.2) is 0 Å². The zero-order valence-corrected chi connectivity index (χ0v) is 8.39. The fourth-order valence-corrected chi connectivity index (χ4v) is 1.65. The van der Waals surface area contributed by atoms with Crippen molar-refractivity contribution in [3.8, 4) is 0 Å². The van der Waals surface area contributed by atoms with Crippen molar-refractivity contribution in [1.29, 1.82) is 0 Å². The Kier molecular flexibility index (Phi) is 2.78. The predicted molar refractivity (Wildman–Crippen MR) is 51.0 cm³/mol. The van der Waals surface area contributed by atoms with Crippen molar-refractivity contribution in [2.45, 2.75) is 20.3 Å². The molecule has 70 valence electrons. The number of ether oxygens (including phenoxy) is 1. The van der Waals surface area contributed by atoms with Crippen LogP contribution in [-0.4, -0.2) is 31.7 Å². The van der Waals surface area contributed by atoms with Crippen LogP contribution < -0.4 is 0 Å². The van der Waals surface area contributed by atoms with E-state index in [9.17, 15) is 0 Å². The molecular formula is C10H19NO. The summed E-state index contributed by atoms with van der Waals surface area (Å²) in [5, 5.41) is 0. The summed E-state index contributed by atoms with van der Waals surface area (Å²) >= 11 is 0. The van der Waals surface area contributed by atoms with Crippen LogP contribution >= 0.6 is 0 Å². The third-order valence-electron chi connectivity index (χ3n) is 2.59. The third-order valence-corrected chi connectivity index (χ3v) is 2.59. The maximum absolute atomic E-state index is 5.07. The number of methoxy groups -OCH3 is 1. The van der Waals surface area contributed by atoms with E-state index in [1.54, 1.807) is 7.11 Å². The lowest BCUT2D eigenvalue weighted by Gasteiger charge is -2.49. The largest absolute Gasteiger partial charge is 0.385 e. The van der Waals surface area contributed by atoms with Crippen LogP contribution in [0.3, 0.4) is 0 Å². The van der Waals surface area contributed by atoms with Gasteiger partial charge in [-0.2, -0.15) is 0 Å². The highest BCUT2D eigenvalue weighted by Crippen LogP contribution is 2.35. The Morgan fingerprint density at radius 1 is 1.58 bits per heavy atom. The summed E-state index contributed by atoms with van der Waals surface area (Å²) in [6, 6.07) is 0. The van der Waals surface area contributed by atoms with Crippen molar-refractivity contribution in [3.63, 3.8) is 0 Å². The number of allylic oxidation sites excluding steroid dienone is 1. The van der Waals surface area contributed by atoms with E-state index in [2.05, 4.69) is 25.3 Å². The highest BCUT2D eigenvalue weighted by molar-refractivity contribution is 5.02. The van der Waals surface area contributed by atoms with Gasteiger partial charge in [0, 0.05) is 37.9 Å². The molecule has 0 saturated carbocycles. The van der Waals surface area contributed by atoms with E-state index in [1.165, 1.54) is 5.70 Å². The van der Waals surface area contributed by atoms with Crippen LogP contribution in [0.15, 0.2) is 12.3 Å². The summed E-state index contributed by atoms with van der Waals surface area (Å²) in [4.78, 5) is 2.32. The number of rotatable bonds is 4. The van der Waals surface area contributed by atoms with Crippen molar-refractivity contribution in [2.24, 2.45) is 5.41 Å². The Balaban J connectivity index is 2.25. The molecule has 0 radical (unpaired) electrons. The number of likely N-dealkylation sites (tertiary alicyclic amines) is 1. The van der Waals surface area contributed by atoms with Gasteiger partial charge in [0.2, 0.25) is 0 Å². The molecule has 1 rings (SSSR count). The second kappa shape index (κ2) is 3.48. The Labute approximate surface area is 75.2 Å². The second-order valence-electron chi connectivity index (χ2n) is 4.14. The molecule has 1 fully saturated rings. The van der Waals surface area contributed by atoms with Gasteiger partial charge in [-0.1, -0.05) is 13.5 Å². The first-order chi connectivity index (χ1) is 5.57. The van der Waals surface area contributed by atoms with Crippen LogP contribution in [0, 0.1) is 5.41 Å². The topological polar surface area (TPSA) is 12.5 Å². The van der Waals surface area contributed by atoms with Crippen LogP contribution in [0.25, 0.3) is 0 Å². The molecule has 0 aromatic carbocycles. The molecule has 1 aliphatic rings. The van der Waals surface area contributed by atoms with Gasteiger partial charge < -0.3 is 9.64 Å². The molecule has 2 heteroatoms. The van der Waals surface area contributed by atoms with Gasteiger partial charge in [0.05, 0.1) is 0 Å². The minimum absolute atomic E-state index is 0.467. The van der Waals surface area contributed by atoms with Gasteiger partial charge in [0.1, 0.15) is 0 Å². The van der Waals surface area contributed by atoms with Gasteiger partial charge in [-0.15, -0.1) is 0 Å². The molecule has 1 saturated heterocycles. The Hall–Kier alpha value is -0.500. The summed E-state index contributed by atoms with van der Waals surface area (Å²) in [5.41, 5.74) is 1.65. The number of hydrogen-bond acceptors (Lipinski definition) is 2. The second-order valence-corrected chi connectivity index (χ2v) is 4.14. The van der Waals surface area contributed by atoms with Crippen molar-refractivity contribution in [3.05, 3.63) is 12.3 Å². The van der Waals surface area contributed by atoms with Crippen molar-refractivity contribution >= 4 is 0 Å². The van der Waals surface area contributed by atoms with Crippen molar-refractivity contribution in [2.75, 3.05) is 26.8 Å². The summed E-state index contributed by atoms with van der Waals surface area (Å²) in [6.07, 6.45) is 1.16. The molecule has 0 aliphatic carbocycles. The van der Waals surface area contributed by atoms with Gasteiger partial charge in [-0.05, 0) is 13.3 Å². The van der Waals surface area contributed by atoms with Gasteiger partial charge in [0.25, 0.3) is 0 Å². The maximum atomic E-state index is 5.07. The minimum Gasteiger partial charge on any atom is -0.385 e. The summed E-state index contributed by atoms with van der Waals surface area (Å²) in [5.74, 6) is 0. The first-order valence-electron chi connectivity index (χ1n) is 4.47.